The summed E-state index contributed by atoms with van der Waals surface area (Å²) in [6.45, 7) is 8.05. The van der Waals surface area contributed by atoms with Crippen LogP contribution in [0, 0.1) is 0 Å². The molecule has 1 saturated heterocycles. The van der Waals surface area contributed by atoms with Crippen LogP contribution in [0.15, 0.2) is 24.3 Å². The number of amides is 1. The molecule has 0 aromatic heterocycles. The predicted molar refractivity (Wildman–Crippen MR) is 89.7 cm³/mol. The number of carbonyl (C=O) groups is 1. The van der Waals surface area contributed by atoms with E-state index in [1.165, 1.54) is 0 Å². The predicted octanol–water partition coefficient (Wildman–Crippen LogP) is 3.64. The number of ether oxygens (including phenoxy) is 1. The van der Waals surface area contributed by atoms with E-state index >= 15 is 0 Å². The van der Waals surface area contributed by atoms with Crippen molar-refractivity contribution in [3.63, 3.8) is 0 Å². The first kappa shape index (κ1) is 17.6. The molecule has 3 rings (SSSR count). The highest BCUT2D eigenvalue weighted by Crippen LogP contribution is 2.65. The SMILES string of the molecule is CCOP(=O)(OCC)C1C(=O)N2C(COC2(C)C)c2ccccc21. The van der Waals surface area contributed by atoms with Crippen LogP contribution in [-0.4, -0.2) is 36.4 Å². The Bertz CT molecular complexity index is 679. The quantitative estimate of drug-likeness (QED) is 0.756. The molecule has 0 saturated carbocycles. The maximum atomic E-state index is 13.4. The Morgan fingerprint density at radius 3 is 2.38 bits per heavy atom. The second-order valence-electron chi connectivity index (χ2n) is 6.39. The highest BCUT2D eigenvalue weighted by Gasteiger charge is 2.56. The Labute approximate surface area is 142 Å². The van der Waals surface area contributed by atoms with Crippen molar-refractivity contribution in [3.05, 3.63) is 35.4 Å². The minimum atomic E-state index is -3.64. The molecule has 2 aliphatic rings. The van der Waals surface area contributed by atoms with Crippen LogP contribution in [0.1, 0.15) is 50.5 Å². The van der Waals surface area contributed by atoms with Gasteiger partial charge in [0, 0.05) is 0 Å². The van der Waals surface area contributed by atoms with Crippen molar-refractivity contribution in [2.75, 3.05) is 19.8 Å². The molecule has 7 heteroatoms. The van der Waals surface area contributed by atoms with Gasteiger partial charge in [0.1, 0.15) is 5.72 Å². The Kier molecular flexibility index (Phi) is 4.60. The molecule has 1 aromatic rings. The second kappa shape index (κ2) is 6.26. The van der Waals surface area contributed by atoms with Crippen LogP contribution in [0.25, 0.3) is 0 Å². The van der Waals surface area contributed by atoms with Crippen molar-refractivity contribution in [1.82, 2.24) is 4.90 Å². The molecule has 0 bridgehead atoms. The van der Waals surface area contributed by atoms with Gasteiger partial charge in [-0.15, -0.1) is 0 Å². The second-order valence-corrected chi connectivity index (χ2v) is 8.50. The summed E-state index contributed by atoms with van der Waals surface area (Å²) in [4.78, 5) is 15.0. The zero-order valence-electron chi connectivity index (χ0n) is 14.5. The lowest BCUT2D eigenvalue weighted by molar-refractivity contribution is -0.147. The highest BCUT2D eigenvalue weighted by atomic mass is 31.2. The lowest BCUT2D eigenvalue weighted by Crippen LogP contribution is -2.49. The van der Waals surface area contributed by atoms with Gasteiger partial charge in [-0.3, -0.25) is 9.36 Å². The third-order valence-corrected chi connectivity index (χ3v) is 6.91. The number of nitrogens with zero attached hydrogens (tertiary/aromatic N) is 1. The summed E-state index contributed by atoms with van der Waals surface area (Å²) in [7, 11) is -3.64. The normalized spacial score (nSPS) is 25.5. The van der Waals surface area contributed by atoms with Gasteiger partial charge in [0.25, 0.3) is 0 Å². The summed E-state index contributed by atoms with van der Waals surface area (Å²) < 4.78 is 30.2. The highest BCUT2D eigenvalue weighted by molar-refractivity contribution is 7.55. The van der Waals surface area contributed by atoms with Gasteiger partial charge in [0.05, 0.1) is 25.9 Å². The minimum Gasteiger partial charge on any atom is -0.354 e. The Morgan fingerprint density at radius 1 is 1.21 bits per heavy atom. The van der Waals surface area contributed by atoms with E-state index in [9.17, 15) is 9.36 Å². The number of hydrogen-bond donors (Lipinski definition) is 0. The molecule has 1 fully saturated rings. The summed E-state index contributed by atoms with van der Waals surface area (Å²) in [6, 6.07) is 7.39. The molecule has 2 heterocycles. The van der Waals surface area contributed by atoms with E-state index in [1.807, 2.05) is 38.1 Å². The molecule has 2 aliphatic heterocycles. The van der Waals surface area contributed by atoms with Crippen LogP contribution in [0.2, 0.25) is 0 Å². The average Bonchev–Trinajstić information content (AvgIpc) is 2.84. The molecule has 2 atom stereocenters. The summed E-state index contributed by atoms with van der Waals surface area (Å²) in [5.41, 5.74) is -0.0371. The van der Waals surface area contributed by atoms with Crippen LogP contribution in [0.4, 0.5) is 0 Å². The van der Waals surface area contributed by atoms with Crippen LogP contribution in [0.5, 0.6) is 0 Å². The average molecular weight is 353 g/mol. The molecule has 1 amide bonds. The Balaban J connectivity index is 2.17. The van der Waals surface area contributed by atoms with Crippen LogP contribution < -0.4 is 0 Å². The van der Waals surface area contributed by atoms with Gasteiger partial charge in [-0.1, -0.05) is 24.3 Å². The van der Waals surface area contributed by atoms with Gasteiger partial charge in [-0.05, 0) is 38.8 Å². The molecule has 1 aromatic carbocycles. The molecule has 0 spiro atoms. The molecular weight excluding hydrogens is 329 g/mol. The first-order valence-electron chi connectivity index (χ1n) is 8.30. The van der Waals surface area contributed by atoms with Crippen molar-refractivity contribution in [3.8, 4) is 0 Å². The van der Waals surface area contributed by atoms with E-state index in [1.54, 1.807) is 18.7 Å². The Morgan fingerprint density at radius 2 is 1.79 bits per heavy atom. The van der Waals surface area contributed by atoms with Gasteiger partial charge < -0.3 is 18.7 Å². The van der Waals surface area contributed by atoms with Crippen molar-refractivity contribution < 1.29 is 23.1 Å². The van der Waals surface area contributed by atoms with E-state index in [-0.39, 0.29) is 25.2 Å². The van der Waals surface area contributed by atoms with E-state index in [0.717, 1.165) is 11.1 Å². The van der Waals surface area contributed by atoms with Crippen molar-refractivity contribution in [2.45, 2.75) is 45.1 Å². The van der Waals surface area contributed by atoms with Gasteiger partial charge in [0.15, 0.2) is 5.66 Å². The lowest BCUT2D eigenvalue weighted by atomic mass is 9.92. The van der Waals surface area contributed by atoms with Gasteiger partial charge in [0.2, 0.25) is 5.91 Å². The Hall–Kier alpha value is -1.20. The zero-order valence-corrected chi connectivity index (χ0v) is 15.4. The third-order valence-electron chi connectivity index (χ3n) is 4.54. The number of fused-ring (bicyclic) bond motifs is 3. The van der Waals surface area contributed by atoms with Crippen LogP contribution in [0.3, 0.4) is 0 Å². The maximum Gasteiger partial charge on any atom is 0.347 e. The minimum absolute atomic E-state index is 0.170. The molecule has 6 nitrogen and oxygen atoms in total. The first-order chi connectivity index (χ1) is 11.4. The smallest absolute Gasteiger partial charge is 0.347 e. The molecular formula is C17H24NO5P. The summed E-state index contributed by atoms with van der Waals surface area (Å²) in [5, 5.41) is 0. The van der Waals surface area contributed by atoms with E-state index in [2.05, 4.69) is 0 Å². The van der Waals surface area contributed by atoms with E-state index < -0.39 is 19.0 Å². The standard InChI is InChI=1S/C17H24NO5P/c1-5-22-24(20,23-6-2)15-13-10-8-7-9-12(13)14-11-21-17(3,4)18(14)16(15)19/h7-10,14-15H,5-6,11H2,1-4H3. The molecule has 0 aliphatic carbocycles. The maximum absolute atomic E-state index is 13.4. The lowest BCUT2D eigenvalue weighted by Gasteiger charge is -2.42. The van der Waals surface area contributed by atoms with Crippen LogP contribution in [-0.2, 0) is 23.1 Å². The molecule has 132 valence electrons. The largest absolute Gasteiger partial charge is 0.354 e. The van der Waals surface area contributed by atoms with Gasteiger partial charge in [-0.2, -0.15) is 0 Å². The topological polar surface area (TPSA) is 65.1 Å². The van der Waals surface area contributed by atoms with Crippen molar-refractivity contribution in [1.29, 1.82) is 0 Å². The third kappa shape index (κ3) is 2.62. The van der Waals surface area contributed by atoms with Crippen molar-refractivity contribution in [2.24, 2.45) is 0 Å². The fourth-order valence-electron chi connectivity index (χ4n) is 3.63. The number of hydrogen-bond acceptors (Lipinski definition) is 5. The molecule has 0 N–H and O–H groups in total. The fourth-order valence-corrected chi connectivity index (χ4v) is 5.69. The van der Waals surface area contributed by atoms with E-state index in [0.29, 0.717) is 6.61 Å². The summed E-state index contributed by atoms with van der Waals surface area (Å²) in [6.07, 6.45) is 0. The first-order valence-corrected chi connectivity index (χ1v) is 9.91. The summed E-state index contributed by atoms with van der Waals surface area (Å²) >= 11 is 0. The molecule has 0 radical (unpaired) electrons. The van der Waals surface area contributed by atoms with Crippen LogP contribution >= 0.6 is 7.60 Å². The number of benzene rings is 1. The molecule has 24 heavy (non-hydrogen) atoms. The monoisotopic (exact) mass is 353 g/mol. The van der Waals surface area contributed by atoms with Gasteiger partial charge >= 0.3 is 7.60 Å². The zero-order chi connectivity index (χ0) is 17.5. The number of rotatable bonds is 5. The fraction of sp³-hybridized carbons (Fsp3) is 0.588. The summed E-state index contributed by atoms with van der Waals surface area (Å²) in [5.74, 6) is -0.258. The van der Waals surface area contributed by atoms with Gasteiger partial charge in [-0.25, -0.2) is 0 Å². The van der Waals surface area contributed by atoms with E-state index in [4.69, 9.17) is 13.8 Å². The number of carbonyl (C=O) groups excluding carboxylic acids is 1. The van der Waals surface area contributed by atoms with Crippen molar-refractivity contribution >= 4 is 13.5 Å². The molecule has 2 unspecified atom stereocenters.